The van der Waals surface area contributed by atoms with Crippen molar-refractivity contribution < 1.29 is 10.2 Å². The van der Waals surface area contributed by atoms with Gasteiger partial charge >= 0.3 is 0 Å². The van der Waals surface area contributed by atoms with E-state index in [0.717, 1.165) is 19.3 Å². The van der Waals surface area contributed by atoms with Crippen LogP contribution in [0.15, 0.2) is 22.8 Å². The first-order valence-electron chi connectivity index (χ1n) is 13.5. The molecule has 0 aromatic carbocycles. The molecule has 0 aromatic heterocycles. The molecule has 2 nitrogen and oxygen atoms in total. The summed E-state index contributed by atoms with van der Waals surface area (Å²) in [6, 6.07) is 0. The fraction of sp³-hybridized carbons (Fsp3) is 0.867. The topological polar surface area (TPSA) is 40.5 Å². The fourth-order valence-electron chi connectivity index (χ4n) is 9.40. The van der Waals surface area contributed by atoms with Crippen molar-refractivity contribution in [3.63, 3.8) is 0 Å². The molecule has 0 amide bonds. The summed E-state index contributed by atoms with van der Waals surface area (Å²) in [6.45, 7) is 18.9. The van der Waals surface area contributed by atoms with E-state index in [-0.39, 0.29) is 33.9 Å². The standard InChI is InChI=1S/C30H50O2/c1-19(2)9-11-24(31)20(3)21-13-17-30(8)23-10-12-25-27(4,5)26(32)15-16-28(25,6)22(23)14-18-29(21,30)7/h9,20-21,24-26,31-32H,10-18H2,1-8H3/t20-,21?,24?,25?,26-,28+,29+,30-/m0/s1. The van der Waals surface area contributed by atoms with Gasteiger partial charge in [-0.1, -0.05) is 64.3 Å². The van der Waals surface area contributed by atoms with Crippen LogP contribution in [0.4, 0.5) is 0 Å². The van der Waals surface area contributed by atoms with E-state index in [1.54, 1.807) is 11.1 Å². The summed E-state index contributed by atoms with van der Waals surface area (Å²) in [5.41, 5.74) is 5.70. The predicted molar refractivity (Wildman–Crippen MR) is 134 cm³/mol. The van der Waals surface area contributed by atoms with Crippen LogP contribution in [0.2, 0.25) is 0 Å². The van der Waals surface area contributed by atoms with Crippen LogP contribution in [0.3, 0.4) is 0 Å². The van der Waals surface area contributed by atoms with Gasteiger partial charge in [-0.2, -0.15) is 0 Å². The molecule has 0 spiro atoms. The molecule has 32 heavy (non-hydrogen) atoms. The van der Waals surface area contributed by atoms with E-state index in [4.69, 9.17) is 0 Å². The molecule has 0 heterocycles. The van der Waals surface area contributed by atoms with Gasteiger partial charge in [0.2, 0.25) is 0 Å². The maximum Gasteiger partial charge on any atom is 0.0603 e. The molecule has 0 aromatic rings. The van der Waals surface area contributed by atoms with Gasteiger partial charge in [-0.15, -0.1) is 0 Å². The molecule has 8 atom stereocenters. The van der Waals surface area contributed by atoms with Crippen LogP contribution in [-0.4, -0.2) is 22.4 Å². The van der Waals surface area contributed by atoms with Crippen LogP contribution in [0.5, 0.6) is 0 Å². The fourth-order valence-corrected chi connectivity index (χ4v) is 9.40. The van der Waals surface area contributed by atoms with E-state index in [1.165, 1.54) is 44.1 Å². The Labute approximate surface area is 198 Å². The van der Waals surface area contributed by atoms with Gasteiger partial charge < -0.3 is 10.2 Å². The summed E-state index contributed by atoms with van der Waals surface area (Å²) < 4.78 is 0. The molecule has 4 rings (SSSR count). The molecule has 0 aliphatic heterocycles. The first kappa shape index (κ1) is 24.5. The van der Waals surface area contributed by atoms with Crippen LogP contribution in [0.25, 0.3) is 0 Å². The van der Waals surface area contributed by atoms with Crippen LogP contribution < -0.4 is 0 Å². The largest absolute Gasteiger partial charge is 0.393 e. The number of hydrogen-bond acceptors (Lipinski definition) is 2. The van der Waals surface area contributed by atoms with Gasteiger partial charge in [0.05, 0.1) is 12.2 Å². The smallest absolute Gasteiger partial charge is 0.0603 e. The van der Waals surface area contributed by atoms with E-state index in [2.05, 4.69) is 61.5 Å². The summed E-state index contributed by atoms with van der Waals surface area (Å²) in [4.78, 5) is 0. The van der Waals surface area contributed by atoms with Crippen molar-refractivity contribution in [3.8, 4) is 0 Å². The van der Waals surface area contributed by atoms with Gasteiger partial charge in [0.1, 0.15) is 0 Å². The minimum atomic E-state index is -0.238. The molecule has 0 radical (unpaired) electrons. The van der Waals surface area contributed by atoms with Crippen molar-refractivity contribution >= 4 is 0 Å². The van der Waals surface area contributed by atoms with Crippen LogP contribution in [0.1, 0.15) is 113 Å². The molecule has 0 bridgehead atoms. The number of fused-ring (bicyclic) bond motifs is 4. The number of hydrogen-bond donors (Lipinski definition) is 2. The molecular weight excluding hydrogens is 392 g/mol. The van der Waals surface area contributed by atoms with Crippen LogP contribution in [-0.2, 0) is 0 Å². The average Bonchev–Trinajstić information content (AvgIpc) is 3.00. The number of allylic oxidation sites excluding steroid dienone is 3. The highest BCUT2D eigenvalue weighted by atomic mass is 16.3. The van der Waals surface area contributed by atoms with Gasteiger partial charge in [-0.3, -0.25) is 0 Å². The van der Waals surface area contributed by atoms with Crippen molar-refractivity contribution in [1.29, 1.82) is 0 Å². The molecule has 2 heteroatoms. The van der Waals surface area contributed by atoms with Gasteiger partial charge in [-0.25, -0.2) is 0 Å². The lowest BCUT2D eigenvalue weighted by molar-refractivity contribution is -0.0969. The van der Waals surface area contributed by atoms with Crippen LogP contribution in [0, 0.1) is 39.4 Å². The first-order valence-corrected chi connectivity index (χ1v) is 13.5. The third kappa shape index (κ3) is 3.33. The second-order valence-corrected chi connectivity index (χ2v) is 13.7. The Morgan fingerprint density at radius 1 is 0.969 bits per heavy atom. The van der Waals surface area contributed by atoms with E-state index >= 15 is 0 Å². The molecule has 2 fully saturated rings. The van der Waals surface area contributed by atoms with E-state index in [0.29, 0.717) is 17.8 Å². The highest BCUT2D eigenvalue weighted by molar-refractivity contribution is 5.38. The summed E-state index contributed by atoms with van der Waals surface area (Å²) in [6.07, 6.45) is 12.2. The lowest BCUT2D eigenvalue weighted by atomic mass is 9.43. The third-order valence-electron chi connectivity index (χ3n) is 11.8. The maximum absolute atomic E-state index is 11.0. The third-order valence-corrected chi connectivity index (χ3v) is 11.8. The molecule has 3 unspecified atom stereocenters. The minimum Gasteiger partial charge on any atom is -0.393 e. The number of aliphatic hydroxyl groups excluding tert-OH is 2. The normalized spacial score (nSPS) is 44.9. The Morgan fingerprint density at radius 3 is 2.31 bits per heavy atom. The van der Waals surface area contributed by atoms with E-state index in [9.17, 15) is 10.2 Å². The summed E-state index contributed by atoms with van der Waals surface area (Å²) in [7, 11) is 0. The van der Waals surface area contributed by atoms with Gasteiger partial charge in [0.25, 0.3) is 0 Å². The lowest BCUT2D eigenvalue weighted by Gasteiger charge is -2.62. The molecular formula is C30H50O2. The Balaban J connectivity index is 1.67. The molecule has 0 saturated heterocycles. The Bertz CT molecular complexity index is 802. The Morgan fingerprint density at radius 2 is 1.66 bits per heavy atom. The van der Waals surface area contributed by atoms with Crippen molar-refractivity contribution in [1.82, 2.24) is 0 Å². The summed E-state index contributed by atoms with van der Waals surface area (Å²) >= 11 is 0. The highest BCUT2D eigenvalue weighted by Gasteiger charge is 2.63. The predicted octanol–water partition coefficient (Wildman–Crippen LogP) is 7.45. The van der Waals surface area contributed by atoms with Crippen molar-refractivity contribution in [2.75, 3.05) is 0 Å². The monoisotopic (exact) mass is 442 g/mol. The van der Waals surface area contributed by atoms with Crippen molar-refractivity contribution in [2.24, 2.45) is 39.4 Å². The number of aliphatic hydroxyl groups is 2. The number of rotatable bonds is 4. The Hall–Kier alpha value is -0.600. The molecule has 2 saturated carbocycles. The molecule has 2 N–H and O–H groups in total. The second-order valence-electron chi connectivity index (χ2n) is 13.7. The first-order chi connectivity index (χ1) is 14.8. The SMILES string of the molecule is CC(C)=CCC(O)[C@@H](C)C1CC[C@@]2(C)C3=C(CC[C@]12C)[C@@]1(C)CC[C@H](O)C(C)(C)C1CC3. The summed E-state index contributed by atoms with van der Waals surface area (Å²) in [5.74, 6) is 1.53. The van der Waals surface area contributed by atoms with Crippen molar-refractivity contribution in [3.05, 3.63) is 22.8 Å². The maximum atomic E-state index is 11.0. The van der Waals surface area contributed by atoms with Gasteiger partial charge in [-0.05, 0) is 111 Å². The van der Waals surface area contributed by atoms with Crippen LogP contribution >= 0.6 is 0 Å². The molecule has 4 aliphatic rings. The van der Waals surface area contributed by atoms with Crippen molar-refractivity contribution in [2.45, 2.75) is 125 Å². The van der Waals surface area contributed by atoms with E-state index < -0.39 is 0 Å². The zero-order valence-electron chi connectivity index (χ0n) is 22.2. The highest BCUT2D eigenvalue weighted by Crippen LogP contribution is 2.72. The molecule has 4 aliphatic carbocycles. The average molecular weight is 443 g/mol. The zero-order valence-corrected chi connectivity index (χ0v) is 22.2. The Kier molecular flexibility index (Phi) is 6.11. The van der Waals surface area contributed by atoms with E-state index in [1.807, 2.05) is 0 Å². The quantitative estimate of drug-likeness (QED) is 0.444. The van der Waals surface area contributed by atoms with Gasteiger partial charge in [0.15, 0.2) is 0 Å². The van der Waals surface area contributed by atoms with Gasteiger partial charge in [0, 0.05) is 0 Å². The lowest BCUT2D eigenvalue weighted by Crippen LogP contribution is -2.55. The summed E-state index contributed by atoms with van der Waals surface area (Å²) in [5, 5.41) is 21.9. The zero-order chi connectivity index (χ0) is 23.7. The second kappa shape index (κ2) is 7.98. The minimum absolute atomic E-state index is 0.00888. The molecule has 182 valence electrons.